The van der Waals surface area contributed by atoms with Crippen LogP contribution in [0.3, 0.4) is 0 Å². The van der Waals surface area contributed by atoms with Gasteiger partial charge in [-0.2, -0.15) is 13.2 Å². The van der Waals surface area contributed by atoms with Gasteiger partial charge in [0.25, 0.3) is 5.91 Å². The number of amides is 1. The van der Waals surface area contributed by atoms with Gasteiger partial charge in [0.2, 0.25) is 0 Å². The molecule has 0 radical (unpaired) electrons. The maximum Gasteiger partial charge on any atom is 0.416 e. The van der Waals surface area contributed by atoms with E-state index in [0.717, 1.165) is 12.1 Å². The number of halogens is 3. The summed E-state index contributed by atoms with van der Waals surface area (Å²) in [6, 6.07) is 4.51. The van der Waals surface area contributed by atoms with Crippen molar-refractivity contribution in [1.29, 1.82) is 0 Å². The first-order valence-electron chi connectivity index (χ1n) is 7.79. The molecule has 5 nitrogen and oxygen atoms in total. The highest BCUT2D eigenvalue weighted by Gasteiger charge is 2.40. The van der Waals surface area contributed by atoms with Crippen LogP contribution in [0.2, 0.25) is 0 Å². The number of carbonyl (C=O) groups excluding carboxylic acids is 1. The van der Waals surface area contributed by atoms with E-state index in [1.807, 2.05) is 0 Å². The molecule has 2 heterocycles. The van der Waals surface area contributed by atoms with Crippen LogP contribution in [0.25, 0.3) is 0 Å². The van der Waals surface area contributed by atoms with E-state index in [2.05, 4.69) is 5.32 Å². The Morgan fingerprint density at radius 1 is 1.29 bits per heavy atom. The third-order valence-corrected chi connectivity index (χ3v) is 4.21. The summed E-state index contributed by atoms with van der Waals surface area (Å²) in [7, 11) is 0. The summed E-state index contributed by atoms with van der Waals surface area (Å²) in [4.78, 5) is 14.2. The molecule has 1 aromatic carbocycles. The molecule has 2 aliphatic rings. The van der Waals surface area contributed by atoms with Gasteiger partial charge in [-0.3, -0.25) is 4.79 Å². The Bertz CT molecular complexity index is 598. The van der Waals surface area contributed by atoms with Gasteiger partial charge < -0.3 is 19.7 Å². The van der Waals surface area contributed by atoms with Crippen molar-refractivity contribution in [3.8, 4) is 0 Å². The Balaban J connectivity index is 1.77. The lowest BCUT2D eigenvalue weighted by molar-refractivity contribution is -0.137. The zero-order valence-corrected chi connectivity index (χ0v) is 13.1. The molecule has 1 atom stereocenters. The molecular weight excluding hydrogens is 325 g/mol. The van der Waals surface area contributed by atoms with Crippen molar-refractivity contribution >= 4 is 5.91 Å². The zero-order chi connectivity index (χ0) is 17.2. The number of rotatable bonds is 1. The van der Waals surface area contributed by atoms with Gasteiger partial charge >= 0.3 is 6.18 Å². The summed E-state index contributed by atoms with van der Waals surface area (Å²) in [6.45, 7) is 3.12. The van der Waals surface area contributed by atoms with Crippen LogP contribution in [0.1, 0.15) is 15.9 Å². The Kier molecular flexibility index (Phi) is 4.80. The van der Waals surface area contributed by atoms with Gasteiger partial charge in [0.1, 0.15) is 5.60 Å². The average Bonchev–Trinajstić information content (AvgIpc) is 2.79. The second-order valence-corrected chi connectivity index (χ2v) is 6.07. The van der Waals surface area contributed by atoms with Crippen molar-refractivity contribution < 1.29 is 27.4 Å². The first-order valence-corrected chi connectivity index (χ1v) is 7.79. The number of nitrogens with one attached hydrogen (secondary N) is 1. The van der Waals surface area contributed by atoms with Crippen molar-refractivity contribution in [1.82, 2.24) is 10.2 Å². The molecule has 1 aromatic rings. The highest BCUT2D eigenvalue weighted by atomic mass is 19.4. The zero-order valence-electron chi connectivity index (χ0n) is 13.1. The molecule has 1 spiro atoms. The van der Waals surface area contributed by atoms with Crippen LogP contribution in [0, 0.1) is 0 Å². The van der Waals surface area contributed by atoms with E-state index >= 15 is 0 Å². The number of hydrogen-bond acceptors (Lipinski definition) is 4. The summed E-state index contributed by atoms with van der Waals surface area (Å²) < 4.78 is 49.8. The van der Waals surface area contributed by atoms with E-state index in [-0.39, 0.29) is 12.1 Å². The van der Waals surface area contributed by atoms with Gasteiger partial charge in [0, 0.05) is 25.2 Å². The van der Waals surface area contributed by atoms with Crippen molar-refractivity contribution in [2.24, 2.45) is 0 Å². The van der Waals surface area contributed by atoms with Gasteiger partial charge in [-0.05, 0) is 18.2 Å². The largest absolute Gasteiger partial charge is 0.416 e. The molecule has 1 amide bonds. The second kappa shape index (κ2) is 6.70. The lowest BCUT2D eigenvalue weighted by Gasteiger charge is -2.41. The minimum atomic E-state index is -4.47. The maximum atomic E-state index is 12.8. The number of ether oxygens (including phenoxy) is 2. The first kappa shape index (κ1) is 17.2. The fourth-order valence-electron chi connectivity index (χ4n) is 2.99. The van der Waals surface area contributed by atoms with Crippen molar-refractivity contribution in [3.63, 3.8) is 0 Å². The Morgan fingerprint density at radius 3 is 2.92 bits per heavy atom. The van der Waals surface area contributed by atoms with Crippen LogP contribution >= 0.6 is 0 Å². The van der Waals surface area contributed by atoms with Crippen molar-refractivity contribution in [2.45, 2.75) is 11.8 Å². The van der Waals surface area contributed by atoms with E-state index in [1.165, 1.54) is 17.0 Å². The molecule has 0 aliphatic carbocycles. The first-order chi connectivity index (χ1) is 11.4. The van der Waals surface area contributed by atoms with Crippen LogP contribution < -0.4 is 5.32 Å². The van der Waals surface area contributed by atoms with Crippen LogP contribution in [0.15, 0.2) is 24.3 Å². The van der Waals surface area contributed by atoms with Crippen LogP contribution in [-0.2, 0) is 15.7 Å². The monoisotopic (exact) mass is 344 g/mol. The highest BCUT2D eigenvalue weighted by Crippen LogP contribution is 2.30. The molecule has 1 N–H and O–H groups in total. The molecule has 0 saturated carbocycles. The molecule has 2 fully saturated rings. The number of hydrogen-bond donors (Lipinski definition) is 1. The number of nitrogens with zero attached hydrogens (tertiary/aromatic N) is 1. The molecule has 3 rings (SSSR count). The predicted octanol–water partition coefficient (Wildman–Crippen LogP) is 1.54. The van der Waals surface area contributed by atoms with E-state index in [0.29, 0.717) is 39.5 Å². The summed E-state index contributed by atoms with van der Waals surface area (Å²) >= 11 is 0. The molecule has 24 heavy (non-hydrogen) atoms. The van der Waals surface area contributed by atoms with E-state index in [9.17, 15) is 18.0 Å². The maximum absolute atomic E-state index is 12.8. The van der Waals surface area contributed by atoms with Gasteiger partial charge in [-0.15, -0.1) is 0 Å². The molecule has 132 valence electrons. The normalized spacial score (nSPS) is 25.5. The quantitative estimate of drug-likeness (QED) is 0.840. The number of benzene rings is 1. The van der Waals surface area contributed by atoms with E-state index in [4.69, 9.17) is 9.47 Å². The lowest BCUT2D eigenvalue weighted by atomic mass is 10.0. The molecule has 2 aliphatic heterocycles. The second-order valence-electron chi connectivity index (χ2n) is 6.07. The van der Waals surface area contributed by atoms with Gasteiger partial charge in [0.05, 0.1) is 31.9 Å². The van der Waals surface area contributed by atoms with Crippen LogP contribution in [0.5, 0.6) is 0 Å². The Labute approximate surface area is 137 Å². The Hall–Kier alpha value is -1.64. The third kappa shape index (κ3) is 3.71. The molecule has 0 aromatic heterocycles. The molecule has 2 saturated heterocycles. The molecule has 8 heteroatoms. The van der Waals surface area contributed by atoms with Gasteiger partial charge in [0.15, 0.2) is 0 Å². The van der Waals surface area contributed by atoms with Crippen LogP contribution in [-0.4, -0.2) is 62.4 Å². The standard InChI is InChI=1S/C16H19F3N2O3/c17-16(18,19)13-3-1-2-12(8-13)14(22)21-5-7-24-15(10-21)9-20-4-6-23-11-15/h1-3,8,20H,4-7,9-11H2. The highest BCUT2D eigenvalue weighted by molar-refractivity contribution is 5.94. The summed E-state index contributed by atoms with van der Waals surface area (Å²) in [5.41, 5.74) is -1.44. The van der Waals surface area contributed by atoms with Crippen molar-refractivity contribution in [2.75, 3.05) is 46.0 Å². The fourth-order valence-corrected chi connectivity index (χ4v) is 2.99. The molecular formula is C16H19F3N2O3. The summed E-state index contributed by atoms with van der Waals surface area (Å²) in [6.07, 6.45) is -4.47. The lowest BCUT2D eigenvalue weighted by Crippen LogP contribution is -2.59. The van der Waals surface area contributed by atoms with Gasteiger partial charge in [-0.1, -0.05) is 6.07 Å². The van der Waals surface area contributed by atoms with Crippen LogP contribution in [0.4, 0.5) is 13.2 Å². The number of morpholine rings is 1. The minimum Gasteiger partial charge on any atom is -0.377 e. The Morgan fingerprint density at radius 2 is 2.12 bits per heavy atom. The minimum absolute atomic E-state index is 0.0318. The van der Waals surface area contributed by atoms with E-state index in [1.54, 1.807) is 0 Å². The number of alkyl halides is 3. The summed E-state index contributed by atoms with van der Waals surface area (Å²) in [5.74, 6) is -0.423. The SMILES string of the molecule is O=C(c1cccc(C(F)(F)F)c1)N1CCOC2(CNCCOC2)C1. The smallest absolute Gasteiger partial charge is 0.377 e. The number of carbonyl (C=O) groups is 1. The van der Waals surface area contributed by atoms with E-state index < -0.39 is 23.2 Å². The average molecular weight is 344 g/mol. The third-order valence-electron chi connectivity index (χ3n) is 4.21. The molecule has 0 bridgehead atoms. The molecule has 1 unspecified atom stereocenters. The summed E-state index contributed by atoms with van der Waals surface area (Å²) in [5, 5.41) is 3.20. The van der Waals surface area contributed by atoms with Gasteiger partial charge in [-0.25, -0.2) is 0 Å². The fraction of sp³-hybridized carbons (Fsp3) is 0.562. The van der Waals surface area contributed by atoms with Crippen molar-refractivity contribution in [3.05, 3.63) is 35.4 Å². The predicted molar refractivity (Wildman–Crippen MR) is 79.7 cm³/mol. The topological polar surface area (TPSA) is 50.8 Å².